The van der Waals surface area contributed by atoms with Crippen molar-refractivity contribution in [2.24, 2.45) is 0 Å². The van der Waals surface area contributed by atoms with Crippen LogP contribution in [-0.2, 0) is 25.3 Å². The van der Waals surface area contributed by atoms with E-state index in [0.29, 0.717) is 11.3 Å². The molecule has 0 atom stereocenters. The molecule has 1 N–H and O–H groups in total. The van der Waals surface area contributed by atoms with Gasteiger partial charge in [0.2, 0.25) is 10.0 Å². The van der Waals surface area contributed by atoms with Crippen molar-refractivity contribution in [3.05, 3.63) is 29.8 Å². The maximum absolute atomic E-state index is 12.3. The molecule has 2 rings (SSSR count). The molecule has 122 valence electrons. The van der Waals surface area contributed by atoms with Crippen LogP contribution in [0.3, 0.4) is 0 Å². The molecule has 0 saturated carbocycles. The smallest absolute Gasteiger partial charge is 0.338 e. The van der Waals surface area contributed by atoms with E-state index in [-0.39, 0.29) is 25.4 Å². The van der Waals surface area contributed by atoms with E-state index in [1.165, 1.54) is 7.11 Å². The van der Waals surface area contributed by atoms with Crippen LogP contribution in [0.4, 0.5) is 0 Å². The Morgan fingerprint density at radius 2 is 2.09 bits per heavy atom. The molecule has 0 radical (unpaired) electrons. The molecule has 7 nitrogen and oxygen atoms in total. The molecule has 1 aliphatic heterocycles. The minimum Gasteiger partial charge on any atom is -0.497 e. The summed E-state index contributed by atoms with van der Waals surface area (Å²) in [6.45, 7) is 1.57. The molecule has 1 heterocycles. The van der Waals surface area contributed by atoms with Gasteiger partial charge in [-0.25, -0.2) is 13.2 Å². The largest absolute Gasteiger partial charge is 0.497 e. The number of rotatable bonds is 7. The van der Waals surface area contributed by atoms with E-state index < -0.39 is 21.6 Å². The Morgan fingerprint density at radius 1 is 1.41 bits per heavy atom. The lowest BCUT2D eigenvalue weighted by molar-refractivity contribution is -0.181. The van der Waals surface area contributed by atoms with Gasteiger partial charge in [0.25, 0.3) is 0 Å². The van der Waals surface area contributed by atoms with Gasteiger partial charge in [0.05, 0.1) is 26.0 Å². The summed E-state index contributed by atoms with van der Waals surface area (Å²) in [5.74, 6) is -0.765. The lowest BCUT2D eigenvalue weighted by atomic mass is 9.97. The summed E-state index contributed by atoms with van der Waals surface area (Å²) in [6, 6.07) is 6.77. The normalized spacial score (nSPS) is 17.7. The molecule has 22 heavy (non-hydrogen) atoms. The Kier molecular flexibility index (Phi) is 4.74. The number of ether oxygens (including phenoxy) is 2. The van der Waals surface area contributed by atoms with Gasteiger partial charge in [-0.2, -0.15) is 4.31 Å². The van der Waals surface area contributed by atoms with Crippen molar-refractivity contribution < 1.29 is 27.8 Å². The number of nitrogens with zero attached hydrogens (tertiary/aromatic N) is 1. The first-order valence-corrected chi connectivity index (χ1v) is 8.42. The SMILES string of the molecule is CCOC1(C(=O)O)CN(S(=O)(=O)Cc2cccc(OC)c2)C1. The molecule has 0 aliphatic carbocycles. The summed E-state index contributed by atoms with van der Waals surface area (Å²) >= 11 is 0. The van der Waals surface area contributed by atoms with E-state index in [1.807, 2.05) is 0 Å². The second-order valence-corrected chi connectivity index (χ2v) is 7.08. The van der Waals surface area contributed by atoms with Gasteiger partial charge in [-0.1, -0.05) is 12.1 Å². The van der Waals surface area contributed by atoms with E-state index in [0.717, 1.165) is 4.31 Å². The van der Waals surface area contributed by atoms with Gasteiger partial charge in [-0.3, -0.25) is 0 Å². The number of benzene rings is 1. The van der Waals surface area contributed by atoms with Gasteiger partial charge in [0.15, 0.2) is 5.60 Å². The molecule has 1 aliphatic rings. The maximum atomic E-state index is 12.3. The third-order valence-electron chi connectivity index (χ3n) is 3.55. The lowest BCUT2D eigenvalue weighted by Gasteiger charge is -2.45. The van der Waals surface area contributed by atoms with Crippen LogP contribution in [0.25, 0.3) is 0 Å². The van der Waals surface area contributed by atoms with Crippen LogP contribution in [0.2, 0.25) is 0 Å². The Balaban J connectivity index is 2.08. The first kappa shape index (κ1) is 16.7. The molecule has 8 heteroatoms. The Labute approximate surface area is 129 Å². The third-order valence-corrected chi connectivity index (χ3v) is 5.29. The number of carbonyl (C=O) groups is 1. The first-order valence-electron chi connectivity index (χ1n) is 6.81. The average molecular weight is 329 g/mol. The van der Waals surface area contributed by atoms with Crippen LogP contribution in [0, 0.1) is 0 Å². The van der Waals surface area contributed by atoms with Crippen molar-refractivity contribution in [1.29, 1.82) is 0 Å². The highest BCUT2D eigenvalue weighted by atomic mass is 32.2. The Morgan fingerprint density at radius 3 is 2.64 bits per heavy atom. The van der Waals surface area contributed by atoms with Gasteiger partial charge in [0.1, 0.15) is 5.75 Å². The van der Waals surface area contributed by atoms with Crippen molar-refractivity contribution >= 4 is 16.0 Å². The molecule has 1 aromatic rings. The molecular formula is C14H19NO6S. The van der Waals surface area contributed by atoms with Crippen molar-refractivity contribution in [1.82, 2.24) is 4.31 Å². The highest BCUT2D eigenvalue weighted by molar-refractivity contribution is 7.88. The quantitative estimate of drug-likeness (QED) is 0.791. The third kappa shape index (κ3) is 3.23. The van der Waals surface area contributed by atoms with Gasteiger partial charge < -0.3 is 14.6 Å². The summed E-state index contributed by atoms with van der Waals surface area (Å²) in [7, 11) is -2.08. The van der Waals surface area contributed by atoms with Crippen LogP contribution in [0.1, 0.15) is 12.5 Å². The molecule has 0 aromatic heterocycles. The van der Waals surface area contributed by atoms with E-state index >= 15 is 0 Å². The zero-order valence-electron chi connectivity index (χ0n) is 12.5. The lowest BCUT2D eigenvalue weighted by Crippen LogP contribution is -2.68. The summed E-state index contributed by atoms with van der Waals surface area (Å²) < 4.78 is 36.1. The van der Waals surface area contributed by atoms with E-state index in [4.69, 9.17) is 9.47 Å². The molecule has 1 saturated heterocycles. The summed E-state index contributed by atoms with van der Waals surface area (Å²) in [4.78, 5) is 11.2. The minimum absolute atomic E-state index is 0.164. The second-order valence-electron chi connectivity index (χ2n) is 5.11. The highest BCUT2D eigenvalue weighted by Crippen LogP contribution is 2.30. The number of hydrogen-bond acceptors (Lipinski definition) is 5. The fourth-order valence-electron chi connectivity index (χ4n) is 2.35. The Hall–Kier alpha value is -1.64. The standard InChI is InChI=1S/C14H19NO6S/c1-3-21-14(13(16)17)9-15(10-14)22(18,19)8-11-5-4-6-12(7-11)20-2/h4-7H,3,8-10H2,1-2H3,(H,16,17). The Bertz CT molecular complexity index is 651. The van der Waals surface area contributed by atoms with Crippen molar-refractivity contribution in [3.63, 3.8) is 0 Å². The molecule has 0 amide bonds. The number of carboxylic acid groups (broad SMARTS) is 1. The summed E-state index contributed by atoms with van der Waals surface area (Å²) in [6.07, 6.45) is 0. The van der Waals surface area contributed by atoms with Crippen molar-refractivity contribution in [2.75, 3.05) is 26.8 Å². The number of carboxylic acids is 1. The second kappa shape index (κ2) is 6.23. The number of methoxy groups -OCH3 is 1. The topological polar surface area (TPSA) is 93.1 Å². The summed E-state index contributed by atoms with van der Waals surface area (Å²) in [5, 5.41) is 9.19. The van der Waals surface area contributed by atoms with E-state index in [2.05, 4.69) is 0 Å². The predicted octanol–water partition coefficient (Wildman–Crippen LogP) is 0.700. The highest BCUT2D eigenvalue weighted by Gasteiger charge is 2.54. The molecule has 0 spiro atoms. The monoisotopic (exact) mass is 329 g/mol. The van der Waals surface area contributed by atoms with E-state index in [9.17, 15) is 18.3 Å². The number of hydrogen-bond donors (Lipinski definition) is 1. The van der Waals surface area contributed by atoms with Crippen molar-refractivity contribution in [3.8, 4) is 5.75 Å². The zero-order chi connectivity index (χ0) is 16.4. The van der Waals surface area contributed by atoms with E-state index in [1.54, 1.807) is 31.2 Å². The molecule has 1 fully saturated rings. The average Bonchev–Trinajstić information content (AvgIpc) is 2.41. The zero-order valence-corrected chi connectivity index (χ0v) is 13.3. The first-order chi connectivity index (χ1) is 10.3. The number of sulfonamides is 1. The van der Waals surface area contributed by atoms with Crippen LogP contribution in [-0.4, -0.2) is 56.2 Å². The van der Waals surface area contributed by atoms with Crippen LogP contribution < -0.4 is 4.74 Å². The predicted molar refractivity (Wildman–Crippen MR) is 79.2 cm³/mol. The maximum Gasteiger partial charge on any atom is 0.338 e. The minimum atomic E-state index is -3.59. The van der Waals surface area contributed by atoms with Gasteiger partial charge >= 0.3 is 5.97 Å². The van der Waals surface area contributed by atoms with Crippen LogP contribution >= 0.6 is 0 Å². The van der Waals surface area contributed by atoms with Gasteiger partial charge in [-0.05, 0) is 24.6 Å². The fraction of sp³-hybridized carbons (Fsp3) is 0.500. The molecular weight excluding hydrogens is 310 g/mol. The molecule has 0 unspecified atom stereocenters. The molecule has 0 bridgehead atoms. The molecule has 1 aromatic carbocycles. The fourth-order valence-corrected chi connectivity index (χ4v) is 3.94. The summed E-state index contributed by atoms with van der Waals surface area (Å²) in [5.41, 5.74) is -0.834. The van der Waals surface area contributed by atoms with Gasteiger partial charge in [0, 0.05) is 6.61 Å². The van der Waals surface area contributed by atoms with Crippen molar-refractivity contribution in [2.45, 2.75) is 18.3 Å². The van der Waals surface area contributed by atoms with Crippen LogP contribution in [0.15, 0.2) is 24.3 Å². The van der Waals surface area contributed by atoms with Gasteiger partial charge in [-0.15, -0.1) is 0 Å². The number of aliphatic carboxylic acids is 1. The van der Waals surface area contributed by atoms with Crippen LogP contribution in [0.5, 0.6) is 5.75 Å².